The number of rotatable bonds is 5. The summed E-state index contributed by atoms with van der Waals surface area (Å²) in [5, 5.41) is 4.56. The molecule has 0 aliphatic heterocycles. The molecule has 0 amide bonds. The van der Waals surface area contributed by atoms with Crippen LogP contribution in [0.4, 0.5) is 0 Å². The van der Waals surface area contributed by atoms with Crippen molar-refractivity contribution in [1.29, 1.82) is 0 Å². The van der Waals surface area contributed by atoms with Gasteiger partial charge < -0.3 is 5.73 Å². The molecule has 0 saturated carbocycles. The first-order valence-corrected chi connectivity index (χ1v) is 7.17. The highest BCUT2D eigenvalue weighted by atomic mass is 32.2. The maximum atomic E-state index is 5.95. The molecule has 0 saturated heterocycles. The lowest BCUT2D eigenvalue weighted by Crippen LogP contribution is -2.34. The monoisotopic (exact) mass is 261 g/mol. The first-order valence-electron chi connectivity index (χ1n) is 6.01. The molecule has 18 heavy (non-hydrogen) atoms. The Labute approximate surface area is 112 Å². The van der Waals surface area contributed by atoms with Gasteiger partial charge in [0.1, 0.15) is 0 Å². The molecule has 0 aliphatic carbocycles. The van der Waals surface area contributed by atoms with Gasteiger partial charge in [-0.25, -0.2) is 4.68 Å². The Bertz CT molecular complexity index is 485. The lowest BCUT2D eigenvalue weighted by atomic mass is 10.1. The molecule has 0 radical (unpaired) electrons. The molecule has 0 bridgehead atoms. The van der Waals surface area contributed by atoms with Gasteiger partial charge in [0.2, 0.25) is 0 Å². The SMILES string of the molecule is CC(C)(N)CSCc1ccn(-c2ccccc2)n1. The second kappa shape index (κ2) is 5.59. The topological polar surface area (TPSA) is 43.8 Å². The van der Waals surface area contributed by atoms with E-state index in [2.05, 4.69) is 11.2 Å². The van der Waals surface area contributed by atoms with Crippen LogP contribution in [0.3, 0.4) is 0 Å². The van der Waals surface area contributed by atoms with Gasteiger partial charge in [0, 0.05) is 23.2 Å². The average Bonchev–Trinajstić information content (AvgIpc) is 2.77. The molecule has 1 aromatic carbocycles. The molecular formula is C14H19N3S. The molecule has 0 aliphatic rings. The minimum atomic E-state index is -0.118. The second-order valence-corrected chi connectivity index (χ2v) is 6.05. The molecule has 1 heterocycles. The summed E-state index contributed by atoms with van der Waals surface area (Å²) in [4.78, 5) is 0. The van der Waals surface area contributed by atoms with Crippen LogP contribution in [-0.2, 0) is 5.75 Å². The summed E-state index contributed by atoms with van der Waals surface area (Å²) in [6.07, 6.45) is 2.00. The standard InChI is InChI=1S/C14H19N3S/c1-14(2,15)11-18-10-12-8-9-17(16-12)13-6-4-3-5-7-13/h3-9H,10-11,15H2,1-2H3. The highest BCUT2D eigenvalue weighted by molar-refractivity contribution is 7.98. The molecule has 0 atom stereocenters. The van der Waals surface area contributed by atoms with Gasteiger partial charge in [-0.1, -0.05) is 18.2 Å². The van der Waals surface area contributed by atoms with Gasteiger partial charge in [0.25, 0.3) is 0 Å². The average molecular weight is 261 g/mol. The van der Waals surface area contributed by atoms with Crippen LogP contribution in [-0.4, -0.2) is 21.1 Å². The summed E-state index contributed by atoms with van der Waals surface area (Å²) in [6, 6.07) is 12.2. The van der Waals surface area contributed by atoms with Crippen LogP contribution < -0.4 is 5.73 Å². The third-order valence-electron chi connectivity index (χ3n) is 2.39. The Morgan fingerprint density at radius 2 is 1.94 bits per heavy atom. The van der Waals surface area contributed by atoms with E-state index in [4.69, 9.17) is 5.73 Å². The summed E-state index contributed by atoms with van der Waals surface area (Å²) >= 11 is 1.82. The number of para-hydroxylation sites is 1. The maximum Gasteiger partial charge on any atom is 0.0727 e. The van der Waals surface area contributed by atoms with Crippen molar-refractivity contribution in [3.63, 3.8) is 0 Å². The van der Waals surface area contributed by atoms with E-state index in [0.29, 0.717) is 0 Å². The van der Waals surface area contributed by atoms with Gasteiger partial charge in [-0.15, -0.1) is 0 Å². The Hall–Kier alpha value is -1.26. The van der Waals surface area contributed by atoms with Gasteiger partial charge in [-0.2, -0.15) is 16.9 Å². The summed E-state index contributed by atoms with van der Waals surface area (Å²) in [5.74, 6) is 1.84. The van der Waals surface area contributed by atoms with E-state index < -0.39 is 0 Å². The molecule has 2 N–H and O–H groups in total. The molecule has 2 aromatic rings. The first-order chi connectivity index (χ1) is 8.54. The highest BCUT2D eigenvalue weighted by Gasteiger charge is 2.10. The normalized spacial score (nSPS) is 11.7. The molecule has 4 heteroatoms. The zero-order valence-corrected chi connectivity index (χ0v) is 11.7. The van der Waals surface area contributed by atoms with Crippen molar-refractivity contribution in [3.05, 3.63) is 48.3 Å². The zero-order chi connectivity index (χ0) is 13.0. The van der Waals surface area contributed by atoms with E-state index in [1.165, 1.54) is 0 Å². The Morgan fingerprint density at radius 3 is 2.61 bits per heavy atom. The number of hydrogen-bond acceptors (Lipinski definition) is 3. The van der Waals surface area contributed by atoms with Crippen LogP contribution in [0.2, 0.25) is 0 Å². The van der Waals surface area contributed by atoms with Crippen molar-refractivity contribution in [2.75, 3.05) is 5.75 Å². The van der Waals surface area contributed by atoms with Crippen molar-refractivity contribution in [1.82, 2.24) is 9.78 Å². The fourth-order valence-corrected chi connectivity index (χ4v) is 2.57. The minimum Gasteiger partial charge on any atom is -0.325 e. The van der Waals surface area contributed by atoms with Crippen LogP contribution >= 0.6 is 11.8 Å². The molecule has 0 unspecified atom stereocenters. The highest BCUT2D eigenvalue weighted by Crippen LogP contribution is 2.16. The van der Waals surface area contributed by atoms with Crippen molar-refractivity contribution in [2.24, 2.45) is 5.73 Å². The van der Waals surface area contributed by atoms with Crippen LogP contribution in [0.25, 0.3) is 5.69 Å². The predicted octanol–water partition coefficient (Wildman–Crippen LogP) is 2.84. The maximum absolute atomic E-state index is 5.95. The molecule has 1 aromatic heterocycles. The predicted molar refractivity (Wildman–Crippen MR) is 78.0 cm³/mol. The largest absolute Gasteiger partial charge is 0.325 e. The number of thioether (sulfide) groups is 1. The lowest BCUT2D eigenvalue weighted by molar-refractivity contribution is 0.591. The van der Waals surface area contributed by atoms with E-state index in [-0.39, 0.29) is 5.54 Å². The number of nitrogens with zero attached hydrogens (tertiary/aromatic N) is 2. The smallest absolute Gasteiger partial charge is 0.0727 e. The fraction of sp³-hybridized carbons (Fsp3) is 0.357. The Balaban J connectivity index is 1.95. The van der Waals surface area contributed by atoms with Crippen molar-refractivity contribution < 1.29 is 0 Å². The van der Waals surface area contributed by atoms with Crippen LogP contribution in [0.15, 0.2) is 42.6 Å². The molecule has 2 rings (SSSR count). The summed E-state index contributed by atoms with van der Waals surface area (Å²) in [5.41, 5.74) is 8.01. The van der Waals surface area contributed by atoms with Gasteiger partial charge in [0.15, 0.2) is 0 Å². The Morgan fingerprint density at radius 1 is 1.22 bits per heavy atom. The quantitative estimate of drug-likeness (QED) is 0.900. The van der Waals surface area contributed by atoms with E-state index in [0.717, 1.165) is 22.9 Å². The van der Waals surface area contributed by atoms with Crippen LogP contribution in [0.5, 0.6) is 0 Å². The zero-order valence-electron chi connectivity index (χ0n) is 10.8. The number of hydrogen-bond donors (Lipinski definition) is 1. The summed E-state index contributed by atoms with van der Waals surface area (Å²) in [6.45, 7) is 4.09. The van der Waals surface area contributed by atoms with E-state index in [1.54, 1.807) is 0 Å². The van der Waals surface area contributed by atoms with Crippen molar-refractivity contribution in [2.45, 2.75) is 25.1 Å². The van der Waals surface area contributed by atoms with Crippen LogP contribution in [0.1, 0.15) is 19.5 Å². The first kappa shape index (κ1) is 13.2. The van der Waals surface area contributed by atoms with Crippen molar-refractivity contribution in [3.8, 4) is 5.69 Å². The van der Waals surface area contributed by atoms with Crippen molar-refractivity contribution >= 4 is 11.8 Å². The summed E-state index contributed by atoms with van der Waals surface area (Å²) in [7, 11) is 0. The fourth-order valence-electron chi connectivity index (χ4n) is 1.58. The van der Waals surface area contributed by atoms with Gasteiger partial charge in [0.05, 0.1) is 11.4 Å². The van der Waals surface area contributed by atoms with Gasteiger partial charge in [-0.05, 0) is 32.0 Å². The number of nitrogens with two attached hydrogens (primary N) is 1. The van der Waals surface area contributed by atoms with E-state index >= 15 is 0 Å². The molecule has 0 fully saturated rings. The molecule has 96 valence electrons. The van der Waals surface area contributed by atoms with E-state index in [9.17, 15) is 0 Å². The third kappa shape index (κ3) is 3.89. The number of aromatic nitrogens is 2. The lowest BCUT2D eigenvalue weighted by Gasteiger charge is -2.16. The summed E-state index contributed by atoms with van der Waals surface area (Å²) < 4.78 is 1.91. The molecule has 3 nitrogen and oxygen atoms in total. The van der Waals surface area contributed by atoms with Gasteiger partial charge >= 0.3 is 0 Å². The third-order valence-corrected chi connectivity index (χ3v) is 3.84. The molecular weight excluding hydrogens is 242 g/mol. The molecule has 0 spiro atoms. The number of benzene rings is 1. The minimum absolute atomic E-state index is 0.118. The second-order valence-electron chi connectivity index (χ2n) is 5.07. The van der Waals surface area contributed by atoms with Gasteiger partial charge in [-0.3, -0.25) is 0 Å². The van der Waals surface area contributed by atoms with Crippen LogP contribution in [0, 0.1) is 0 Å². The Kier molecular flexibility index (Phi) is 4.09. The van der Waals surface area contributed by atoms with E-state index in [1.807, 2.05) is 66.8 Å².